The van der Waals surface area contributed by atoms with Gasteiger partial charge in [0.2, 0.25) is 11.8 Å². The fraction of sp³-hybridized carbons (Fsp3) is 0.312. The molecule has 3 rings (SSSR count). The molecule has 6 heteroatoms. The Morgan fingerprint density at radius 3 is 2.95 bits per heavy atom. The highest BCUT2D eigenvalue weighted by atomic mass is 16.2. The molecule has 2 amide bonds. The first-order valence-electron chi connectivity index (χ1n) is 7.27. The highest BCUT2D eigenvalue weighted by Gasteiger charge is 2.21. The number of fused-ring (bicyclic) bond motifs is 1. The van der Waals surface area contributed by atoms with Crippen molar-refractivity contribution < 1.29 is 9.59 Å². The number of benzene rings is 1. The Hall–Kier alpha value is -2.63. The molecule has 2 N–H and O–H groups in total. The van der Waals surface area contributed by atoms with E-state index >= 15 is 0 Å². The highest BCUT2D eigenvalue weighted by molar-refractivity contribution is 5.99. The van der Waals surface area contributed by atoms with Gasteiger partial charge in [-0.25, -0.2) is 0 Å². The predicted octanol–water partition coefficient (Wildman–Crippen LogP) is 1.82. The molecule has 22 heavy (non-hydrogen) atoms. The molecule has 0 spiro atoms. The number of hydrogen-bond acceptors (Lipinski definition) is 3. The lowest BCUT2D eigenvalue weighted by Crippen LogP contribution is -2.33. The Balaban J connectivity index is 1.70. The first-order valence-corrected chi connectivity index (χ1v) is 7.27. The standard InChI is InChI=1S/C16H18N4O2/c1-10(18-16(22)11(2)20-7-3-6-17-20)12-4-5-14-13(8-12)9-15(21)19-14/h3-8,10-11H,9H2,1-2H3,(H,18,22)(H,19,21)/t10-,11+/m0/s1. The van der Waals surface area contributed by atoms with E-state index in [1.807, 2.05) is 25.1 Å². The predicted molar refractivity (Wildman–Crippen MR) is 82.3 cm³/mol. The van der Waals surface area contributed by atoms with E-state index in [0.29, 0.717) is 6.42 Å². The number of anilines is 1. The van der Waals surface area contributed by atoms with Crippen LogP contribution in [0.1, 0.15) is 37.1 Å². The second-order valence-corrected chi connectivity index (χ2v) is 5.53. The summed E-state index contributed by atoms with van der Waals surface area (Å²) in [7, 11) is 0. The monoisotopic (exact) mass is 298 g/mol. The van der Waals surface area contributed by atoms with Gasteiger partial charge in [0, 0.05) is 18.1 Å². The van der Waals surface area contributed by atoms with E-state index in [-0.39, 0.29) is 23.9 Å². The van der Waals surface area contributed by atoms with E-state index in [1.165, 1.54) is 0 Å². The van der Waals surface area contributed by atoms with Crippen LogP contribution in [0, 0.1) is 0 Å². The van der Waals surface area contributed by atoms with Crippen LogP contribution in [0.4, 0.5) is 5.69 Å². The molecule has 1 aliphatic rings. The van der Waals surface area contributed by atoms with Gasteiger partial charge in [0.05, 0.1) is 12.5 Å². The molecule has 2 heterocycles. The molecule has 1 aliphatic heterocycles. The minimum Gasteiger partial charge on any atom is -0.348 e. The molecule has 1 aromatic heterocycles. The third-order valence-electron chi connectivity index (χ3n) is 3.91. The van der Waals surface area contributed by atoms with Crippen LogP contribution in [0.2, 0.25) is 0 Å². The summed E-state index contributed by atoms with van der Waals surface area (Å²) in [5, 5.41) is 9.87. The third kappa shape index (κ3) is 2.72. The topological polar surface area (TPSA) is 76.0 Å². The molecule has 0 radical (unpaired) electrons. The van der Waals surface area contributed by atoms with Gasteiger partial charge in [0.15, 0.2) is 0 Å². The van der Waals surface area contributed by atoms with Crippen LogP contribution >= 0.6 is 0 Å². The molecule has 0 aliphatic carbocycles. The van der Waals surface area contributed by atoms with Crippen LogP contribution in [0.25, 0.3) is 0 Å². The summed E-state index contributed by atoms with van der Waals surface area (Å²) in [6, 6.07) is 7.07. The summed E-state index contributed by atoms with van der Waals surface area (Å²) in [6.07, 6.45) is 3.81. The number of nitrogens with zero attached hydrogens (tertiary/aromatic N) is 2. The van der Waals surface area contributed by atoms with E-state index in [2.05, 4.69) is 15.7 Å². The van der Waals surface area contributed by atoms with Crippen molar-refractivity contribution in [3.8, 4) is 0 Å². The van der Waals surface area contributed by atoms with Gasteiger partial charge < -0.3 is 10.6 Å². The van der Waals surface area contributed by atoms with Gasteiger partial charge in [-0.15, -0.1) is 0 Å². The number of rotatable bonds is 4. The molecule has 0 fully saturated rings. The zero-order valence-electron chi connectivity index (χ0n) is 12.5. The minimum atomic E-state index is -0.366. The van der Waals surface area contributed by atoms with Crippen LogP contribution in [-0.4, -0.2) is 21.6 Å². The molecule has 0 saturated heterocycles. The maximum atomic E-state index is 12.3. The number of nitrogens with one attached hydrogen (secondary N) is 2. The second-order valence-electron chi connectivity index (χ2n) is 5.53. The van der Waals surface area contributed by atoms with E-state index in [4.69, 9.17) is 0 Å². The van der Waals surface area contributed by atoms with Crippen molar-refractivity contribution in [2.45, 2.75) is 32.4 Å². The van der Waals surface area contributed by atoms with Crippen molar-refractivity contribution >= 4 is 17.5 Å². The summed E-state index contributed by atoms with van der Waals surface area (Å²) < 4.78 is 1.62. The van der Waals surface area contributed by atoms with Crippen LogP contribution < -0.4 is 10.6 Å². The van der Waals surface area contributed by atoms with Crippen LogP contribution in [0.15, 0.2) is 36.7 Å². The maximum absolute atomic E-state index is 12.3. The van der Waals surface area contributed by atoms with E-state index in [0.717, 1.165) is 16.8 Å². The van der Waals surface area contributed by atoms with Gasteiger partial charge in [-0.1, -0.05) is 12.1 Å². The second kappa shape index (κ2) is 5.63. The third-order valence-corrected chi connectivity index (χ3v) is 3.91. The Bertz CT molecular complexity index is 709. The highest BCUT2D eigenvalue weighted by Crippen LogP contribution is 2.26. The van der Waals surface area contributed by atoms with Crippen molar-refractivity contribution in [1.82, 2.24) is 15.1 Å². The summed E-state index contributed by atoms with van der Waals surface area (Å²) in [4.78, 5) is 23.7. The minimum absolute atomic E-state index is 0.0103. The lowest BCUT2D eigenvalue weighted by molar-refractivity contribution is -0.124. The van der Waals surface area contributed by atoms with E-state index < -0.39 is 0 Å². The lowest BCUT2D eigenvalue weighted by Gasteiger charge is -2.18. The van der Waals surface area contributed by atoms with Crippen LogP contribution in [-0.2, 0) is 16.0 Å². The average Bonchev–Trinajstić information content (AvgIpc) is 3.13. The number of carbonyl (C=O) groups is 2. The number of hydrogen-bond donors (Lipinski definition) is 2. The molecule has 6 nitrogen and oxygen atoms in total. The number of amides is 2. The SMILES string of the molecule is C[C@H](NC(=O)[C@@H](C)n1cccn1)c1ccc2c(c1)CC(=O)N2. The summed E-state index contributed by atoms with van der Waals surface area (Å²) in [5.74, 6) is -0.0814. The van der Waals surface area contributed by atoms with Gasteiger partial charge in [-0.2, -0.15) is 5.10 Å². The summed E-state index contributed by atoms with van der Waals surface area (Å²) in [6.45, 7) is 3.74. The lowest BCUT2D eigenvalue weighted by atomic mass is 10.0. The van der Waals surface area contributed by atoms with Gasteiger partial charge in [-0.05, 0) is 37.1 Å². The van der Waals surface area contributed by atoms with Crippen molar-refractivity contribution in [1.29, 1.82) is 0 Å². The smallest absolute Gasteiger partial charge is 0.245 e. The summed E-state index contributed by atoms with van der Waals surface area (Å²) >= 11 is 0. The molecule has 0 bridgehead atoms. The quantitative estimate of drug-likeness (QED) is 0.904. The van der Waals surface area contributed by atoms with Gasteiger partial charge in [0.1, 0.15) is 6.04 Å². The average molecular weight is 298 g/mol. The van der Waals surface area contributed by atoms with Gasteiger partial charge in [-0.3, -0.25) is 14.3 Å². The fourth-order valence-corrected chi connectivity index (χ4v) is 2.57. The molecular formula is C16H18N4O2. The number of aromatic nitrogens is 2. The molecule has 2 aromatic rings. The first-order chi connectivity index (χ1) is 10.5. The van der Waals surface area contributed by atoms with Crippen LogP contribution in [0.5, 0.6) is 0 Å². The molecule has 0 unspecified atom stereocenters. The van der Waals surface area contributed by atoms with Crippen LogP contribution in [0.3, 0.4) is 0 Å². The zero-order chi connectivity index (χ0) is 15.7. The normalized spacial score (nSPS) is 15.8. The molecule has 114 valence electrons. The Kier molecular flexibility index (Phi) is 3.66. The van der Waals surface area contributed by atoms with Crippen molar-refractivity contribution in [2.75, 3.05) is 5.32 Å². The van der Waals surface area contributed by atoms with E-state index in [9.17, 15) is 9.59 Å². The Morgan fingerprint density at radius 1 is 1.41 bits per heavy atom. The van der Waals surface area contributed by atoms with Gasteiger partial charge >= 0.3 is 0 Å². The van der Waals surface area contributed by atoms with Crippen molar-refractivity contribution in [2.24, 2.45) is 0 Å². The van der Waals surface area contributed by atoms with Crippen molar-refractivity contribution in [3.05, 3.63) is 47.8 Å². The Morgan fingerprint density at radius 2 is 2.23 bits per heavy atom. The molecular weight excluding hydrogens is 280 g/mol. The largest absolute Gasteiger partial charge is 0.348 e. The summed E-state index contributed by atoms with van der Waals surface area (Å²) in [5.41, 5.74) is 2.82. The maximum Gasteiger partial charge on any atom is 0.245 e. The first kappa shape index (κ1) is 14.3. The number of carbonyl (C=O) groups excluding carboxylic acids is 2. The molecule has 2 atom stereocenters. The van der Waals surface area contributed by atoms with E-state index in [1.54, 1.807) is 30.1 Å². The van der Waals surface area contributed by atoms with Gasteiger partial charge in [0.25, 0.3) is 0 Å². The van der Waals surface area contributed by atoms with Crippen molar-refractivity contribution in [3.63, 3.8) is 0 Å². The molecule has 1 aromatic carbocycles. The fourth-order valence-electron chi connectivity index (χ4n) is 2.57. The Labute approximate surface area is 128 Å². The molecule has 0 saturated carbocycles. The zero-order valence-corrected chi connectivity index (χ0v) is 12.5.